The maximum Gasteiger partial charge on any atom is 0.237 e. The Morgan fingerprint density at radius 1 is 1.00 bits per heavy atom. The van der Waals surface area contributed by atoms with E-state index in [1.165, 1.54) is 0 Å². The molecule has 0 spiro atoms. The van der Waals surface area contributed by atoms with Gasteiger partial charge in [0, 0.05) is 38.5 Å². The molecule has 25 heavy (non-hydrogen) atoms. The molecule has 0 aliphatic heterocycles. The van der Waals surface area contributed by atoms with Crippen LogP contribution in [0.5, 0.6) is 0 Å². The monoisotopic (exact) mass is 357 g/mol. The van der Waals surface area contributed by atoms with Gasteiger partial charge in [-0.2, -0.15) is 0 Å². The molecule has 0 aromatic rings. The van der Waals surface area contributed by atoms with Gasteiger partial charge in [-0.1, -0.05) is 20.8 Å². The maximum atomic E-state index is 12.1. The van der Waals surface area contributed by atoms with Gasteiger partial charge >= 0.3 is 0 Å². The largest absolute Gasteiger partial charge is 0.384 e. The second-order valence-corrected chi connectivity index (χ2v) is 7.14. The second kappa shape index (κ2) is 12.8. The minimum atomic E-state index is -0.374. The van der Waals surface area contributed by atoms with E-state index in [9.17, 15) is 14.4 Å². The summed E-state index contributed by atoms with van der Waals surface area (Å²) in [5, 5.41) is 8.63. The Morgan fingerprint density at radius 3 is 2.24 bits per heavy atom. The Kier molecular flexibility index (Phi) is 12.1. The van der Waals surface area contributed by atoms with E-state index in [4.69, 9.17) is 4.74 Å². The number of rotatable bonds is 13. The number of likely N-dealkylation sites (N-methyl/N-ethyl adjacent to an activating group) is 1. The third kappa shape index (κ3) is 11.7. The van der Waals surface area contributed by atoms with Crippen LogP contribution < -0.4 is 16.0 Å². The van der Waals surface area contributed by atoms with Crippen molar-refractivity contribution in [1.82, 2.24) is 16.0 Å². The molecule has 0 saturated heterocycles. The standard InChI is InChI=1S/C18H35N3O4/c1-18(2,3)15(22)9-12-21-17(24)14(19-4)8-6-7-11-20-16(23)10-13-25-5/h14,19H,6-13H2,1-5H3,(H,20,23)(H,21,24)/t14-/m0/s1. The molecule has 0 radical (unpaired) electrons. The fourth-order valence-electron chi connectivity index (χ4n) is 2.19. The van der Waals surface area contributed by atoms with Crippen LogP contribution in [0.4, 0.5) is 0 Å². The molecule has 0 fully saturated rings. The van der Waals surface area contributed by atoms with Gasteiger partial charge < -0.3 is 20.7 Å². The quantitative estimate of drug-likeness (QED) is 0.428. The molecule has 0 aromatic heterocycles. The number of hydrogen-bond donors (Lipinski definition) is 3. The van der Waals surface area contributed by atoms with Crippen LogP contribution in [0.2, 0.25) is 0 Å². The van der Waals surface area contributed by atoms with Crippen LogP contribution >= 0.6 is 0 Å². The number of hydrogen-bond acceptors (Lipinski definition) is 5. The minimum absolute atomic E-state index is 0.0201. The summed E-state index contributed by atoms with van der Waals surface area (Å²) in [7, 11) is 3.31. The van der Waals surface area contributed by atoms with Crippen molar-refractivity contribution in [3.05, 3.63) is 0 Å². The van der Waals surface area contributed by atoms with Crippen molar-refractivity contribution in [3.8, 4) is 0 Å². The summed E-state index contributed by atoms with van der Waals surface area (Å²) in [5.74, 6) is 0.0274. The molecule has 146 valence electrons. The highest BCUT2D eigenvalue weighted by atomic mass is 16.5. The van der Waals surface area contributed by atoms with E-state index in [0.717, 1.165) is 12.8 Å². The van der Waals surface area contributed by atoms with Gasteiger partial charge in [-0.25, -0.2) is 0 Å². The molecule has 7 heteroatoms. The molecule has 0 rings (SSSR count). The van der Waals surface area contributed by atoms with Crippen LogP contribution in [-0.4, -0.2) is 57.5 Å². The molecule has 0 aromatic carbocycles. The van der Waals surface area contributed by atoms with Gasteiger partial charge in [0.25, 0.3) is 0 Å². The molecule has 0 aliphatic rings. The van der Waals surface area contributed by atoms with Gasteiger partial charge in [0.2, 0.25) is 11.8 Å². The summed E-state index contributed by atoms with van der Waals surface area (Å²) < 4.78 is 4.84. The SMILES string of the molecule is CN[C@@H](CCCCNC(=O)CCOC)C(=O)NCCC(=O)C(C)(C)C. The highest BCUT2D eigenvalue weighted by Crippen LogP contribution is 2.15. The molecular formula is C18H35N3O4. The zero-order valence-electron chi connectivity index (χ0n) is 16.4. The van der Waals surface area contributed by atoms with Crippen LogP contribution in [0.15, 0.2) is 0 Å². The Hall–Kier alpha value is -1.47. The van der Waals surface area contributed by atoms with E-state index >= 15 is 0 Å². The van der Waals surface area contributed by atoms with Crippen molar-refractivity contribution < 1.29 is 19.1 Å². The van der Waals surface area contributed by atoms with E-state index < -0.39 is 0 Å². The van der Waals surface area contributed by atoms with E-state index in [1.54, 1.807) is 14.2 Å². The molecular weight excluding hydrogens is 322 g/mol. The lowest BCUT2D eigenvalue weighted by Gasteiger charge is -2.18. The molecule has 7 nitrogen and oxygen atoms in total. The average molecular weight is 357 g/mol. The molecule has 0 bridgehead atoms. The summed E-state index contributed by atoms with van der Waals surface area (Å²) in [5.41, 5.74) is -0.374. The first-order valence-electron chi connectivity index (χ1n) is 8.96. The van der Waals surface area contributed by atoms with Crippen molar-refractivity contribution >= 4 is 17.6 Å². The first-order chi connectivity index (χ1) is 11.7. The average Bonchev–Trinajstić information content (AvgIpc) is 2.54. The molecule has 0 aliphatic carbocycles. The number of methoxy groups -OCH3 is 1. The Morgan fingerprint density at radius 2 is 1.68 bits per heavy atom. The number of ketones is 1. The van der Waals surface area contributed by atoms with Crippen molar-refractivity contribution in [3.63, 3.8) is 0 Å². The number of ether oxygens (including phenoxy) is 1. The second-order valence-electron chi connectivity index (χ2n) is 7.14. The van der Waals surface area contributed by atoms with Gasteiger partial charge in [-0.15, -0.1) is 0 Å². The smallest absolute Gasteiger partial charge is 0.237 e. The zero-order valence-corrected chi connectivity index (χ0v) is 16.4. The maximum absolute atomic E-state index is 12.1. The number of amides is 2. The number of Topliss-reactive ketones (excluding diaryl/α,β-unsaturated/α-hetero) is 1. The van der Waals surface area contributed by atoms with Crippen LogP contribution in [-0.2, 0) is 19.1 Å². The zero-order chi connectivity index (χ0) is 19.3. The molecule has 0 saturated carbocycles. The number of carbonyl (C=O) groups is 3. The summed E-state index contributed by atoms with van der Waals surface area (Å²) in [6.07, 6.45) is 3.03. The molecule has 0 heterocycles. The van der Waals surface area contributed by atoms with Crippen LogP contribution in [0, 0.1) is 5.41 Å². The van der Waals surface area contributed by atoms with Crippen LogP contribution in [0.3, 0.4) is 0 Å². The van der Waals surface area contributed by atoms with E-state index in [-0.39, 0.29) is 29.1 Å². The number of carbonyl (C=O) groups excluding carboxylic acids is 3. The van der Waals surface area contributed by atoms with Gasteiger partial charge in [0.1, 0.15) is 5.78 Å². The first kappa shape index (κ1) is 23.5. The topological polar surface area (TPSA) is 96.5 Å². The lowest BCUT2D eigenvalue weighted by atomic mass is 9.89. The highest BCUT2D eigenvalue weighted by Gasteiger charge is 2.21. The Labute approximate surface area is 151 Å². The third-order valence-electron chi connectivity index (χ3n) is 3.93. The summed E-state index contributed by atoms with van der Waals surface area (Å²) in [6, 6.07) is -0.283. The van der Waals surface area contributed by atoms with Crippen molar-refractivity contribution in [2.75, 3.05) is 33.9 Å². The van der Waals surface area contributed by atoms with Gasteiger partial charge in [0.05, 0.1) is 12.6 Å². The summed E-state index contributed by atoms with van der Waals surface area (Å²) in [4.78, 5) is 35.4. The number of nitrogens with one attached hydrogen (secondary N) is 3. The van der Waals surface area contributed by atoms with Gasteiger partial charge in [-0.3, -0.25) is 14.4 Å². The normalized spacial score (nSPS) is 12.5. The molecule has 2 amide bonds. The first-order valence-corrected chi connectivity index (χ1v) is 8.96. The van der Waals surface area contributed by atoms with E-state index in [2.05, 4.69) is 16.0 Å². The number of unbranched alkanes of at least 4 members (excludes halogenated alkanes) is 1. The van der Waals surface area contributed by atoms with E-state index in [1.807, 2.05) is 20.8 Å². The fraction of sp³-hybridized carbons (Fsp3) is 0.833. The van der Waals surface area contributed by atoms with Crippen molar-refractivity contribution in [2.24, 2.45) is 5.41 Å². The lowest BCUT2D eigenvalue weighted by Crippen LogP contribution is -2.43. The highest BCUT2D eigenvalue weighted by molar-refractivity contribution is 5.85. The van der Waals surface area contributed by atoms with Crippen LogP contribution in [0.25, 0.3) is 0 Å². The predicted octanol–water partition coefficient (Wildman–Crippen LogP) is 1.02. The van der Waals surface area contributed by atoms with Crippen LogP contribution in [0.1, 0.15) is 52.9 Å². The molecule has 0 unspecified atom stereocenters. The summed E-state index contributed by atoms with van der Waals surface area (Å²) in [6.45, 7) is 7.01. The fourth-order valence-corrected chi connectivity index (χ4v) is 2.19. The van der Waals surface area contributed by atoms with E-state index in [0.29, 0.717) is 39.0 Å². The third-order valence-corrected chi connectivity index (χ3v) is 3.93. The molecule has 3 N–H and O–H groups in total. The lowest BCUT2D eigenvalue weighted by molar-refractivity contribution is -0.127. The van der Waals surface area contributed by atoms with Gasteiger partial charge in [-0.05, 0) is 26.3 Å². The summed E-state index contributed by atoms with van der Waals surface area (Å²) >= 11 is 0. The van der Waals surface area contributed by atoms with Gasteiger partial charge in [0.15, 0.2) is 0 Å². The Bertz CT molecular complexity index is 419. The van der Waals surface area contributed by atoms with Crippen molar-refractivity contribution in [2.45, 2.75) is 58.9 Å². The Balaban J connectivity index is 3.91. The minimum Gasteiger partial charge on any atom is -0.384 e. The van der Waals surface area contributed by atoms with Crippen molar-refractivity contribution in [1.29, 1.82) is 0 Å². The predicted molar refractivity (Wildman–Crippen MR) is 98.3 cm³/mol. The molecule has 1 atom stereocenters.